The summed E-state index contributed by atoms with van der Waals surface area (Å²) in [5.74, 6) is -1.71. The summed E-state index contributed by atoms with van der Waals surface area (Å²) in [5.41, 5.74) is -1.33. The van der Waals surface area contributed by atoms with Crippen LogP contribution in [-0.4, -0.2) is 33.4 Å². The first-order valence-electron chi connectivity index (χ1n) is 7.45. The minimum atomic E-state index is -3.13. The maximum Gasteiger partial charge on any atom is 0.387 e. The topological polar surface area (TPSA) is 84.4 Å². The van der Waals surface area contributed by atoms with Gasteiger partial charge in [0.2, 0.25) is 0 Å². The molecule has 3 rings (SSSR count). The number of imide groups is 1. The Morgan fingerprint density at radius 1 is 1.31 bits per heavy atom. The van der Waals surface area contributed by atoms with Crippen LogP contribution in [0.15, 0.2) is 36.8 Å². The molecule has 1 saturated heterocycles. The van der Waals surface area contributed by atoms with Gasteiger partial charge in [-0.15, -0.1) is 0 Å². The van der Waals surface area contributed by atoms with Crippen molar-refractivity contribution in [3.8, 4) is 5.75 Å². The molecule has 7 nitrogen and oxygen atoms in total. The van der Waals surface area contributed by atoms with Gasteiger partial charge >= 0.3 is 12.6 Å². The van der Waals surface area contributed by atoms with Gasteiger partial charge in [0.15, 0.2) is 5.54 Å². The number of hydrogen-bond acceptors (Lipinski definition) is 5. The monoisotopic (exact) mass is 366 g/mol. The standard InChI is InChI=1S/C16H13F3N4O3/c1-16(12-7-20-4-5-21-12)13(24)23(15(25)22-16)8-9-6-10(17)2-3-11(9)26-14(18)19/h2-7,14H,8H2,1H3,(H,22,25). The summed E-state index contributed by atoms with van der Waals surface area (Å²) >= 11 is 0. The number of alkyl halides is 2. The second-order valence-corrected chi connectivity index (χ2v) is 5.67. The van der Waals surface area contributed by atoms with Crippen LogP contribution in [0.4, 0.5) is 18.0 Å². The number of rotatable bonds is 5. The van der Waals surface area contributed by atoms with E-state index in [0.717, 1.165) is 23.1 Å². The van der Waals surface area contributed by atoms with Crippen LogP contribution >= 0.6 is 0 Å². The van der Waals surface area contributed by atoms with Crippen molar-refractivity contribution in [3.05, 3.63) is 53.9 Å². The summed E-state index contributed by atoms with van der Waals surface area (Å²) in [4.78, 5) is 33.7. The highest BCUT2D eigenvalue weighted by Crippen LogP contribution is 2.30. The van der Waals surface area contributed by atoms with E-state index in [1.807, 2.05) is 0 Å². The van der Waals surface area contributed by atoms with Crippen molar-refractivity contribution in [2.24, 2.45) is 0 Å². The van der Waals surface area contributed by atoms with E-state index in [2.05, 4.69) is 20.0 Å². The van der Waals surface area contributed by atoms with E-state index < -0.39 is 36.5 Å². The molecule has 0 spiro atoms. The third-order valence-electron chi connectivity index (χ3n) is 3.92. The van der Waals surface area contributed by atoms with Crippen molar-refractivity contribution >= 4 is 11.9 Å². The number of halogens is 3. The Hall–Kier alpha value is -3.17. The third-order valence-corrected chi connectivity index (χ3v) is 3.92. The number of hydrogen-bond donors (Lipinski definition) is 1. The summed E-state index contributed by atoms with van der Waals surface area (Å²) in [6.45, 7) is -2.13. The summed E-state index contributed by atoms with van der Waals surface area (Å²) in [6.07, 6.45) is 4.10. The Morgan fingerprint density at radius 3 is 2.73 bits per heavy atom. The predicted molar refractivity (Wildman–Crippen MR) is 81.5 cm³/mol. The average Bonchev–Trinajstić information content (AvgIpc) is 2.82. The molecular weight excluding hydrogens is 353 g/mol. The zero-order valence-corrected chi connectivity index (χ0v) is 13.4. The minimum Gasteiger partial charge on any atom is -0.434 e. The molecule has 0 aliphatic carbocycles. The lowest BCUT2D eigenvalue weighted by molar-refractivity contribution is -0.131. The first-order chi connectivity index (χ1) is 12.3. The number of carbonyl (C=O) groups is 2. The van der Waals surface area contributed by atoms with Gasteiger partial charge < -0.3 is 10.1 Å². The first-order valence-corrected chi connectivity index (χ1v) is 7.45. The molecule has 1 atom stereocenters. The van der Waals surface area contributed by atoms with Crippen molar-refractivity contribution in [2.75, 3.05) is 0 Å². The third kappa shape index (κ3) is 3.17. The Bertz CT molecular complexity index is 850. The fourth-order valence-electron chi connectivity index (χ4n) is 2.62. The number of nitrogens with one attached hydrogen (secondary N) is 1. The maximum absolute atomic E-state index is 13.5. The van der Waals surface area contributed by atoms with Crippen LogP contribution in [0.25, 0.3) is 0 Å². The highest BCUT2D eigenvalue weighted by molar-refractivity contribution is 6.06. The van der Waals surface area contributed by atoms with Gasteiger partial charge in [-0.1, -0.05) is 0 Å². The number of aromatic nitrogens is 2. The fraction of sp³-hybridized carbons (Fsp3) is 0.250. The molecule has 1 fully saturated rings. The number of amides is 3. The lowest BCUT2D eigenvalue weighted by Crippen LogP contribution is -2.41. The molecule has 1 aromatic carbocycles. The Labute approximate surface area is 145 Å². The summed E-state index contributed by atoms with van der Waals surface area (Å²) in [5, 5.41) is 2.49. The predicted octanol–water partition coefficient (Wildman–Crippen LogP) is 2.18. The molecule has 2 aromatic rings. The van der Waals surface area contributed by atoms with Crippen LogP contribution in [0.5, 0.6) is 5.75 Å². The molecule has 2 heterocycles. The van der Waals surface area contributed by atoms with Gasteiger partial charge in [-0.05, 0) is 25.1 Å². The largest absolute Gasteiger partial charge is 0.434 e. The zero-order chi connectivity index (χ0) is 18.9. The maximum atomic E-state index is 13.5. The van der Waals surface area contributed by atoms with Crippen LogP contribution < -0.4 is 10.1 Å². The molecule has 1 unspecified atom stereocenters. The number of urea groups is 1. The van der Waals surface area contributed by atoms with Crippen LogP contribution in [0, 0.1) is 5.82 Å². The number of ether oxygens (including phenoxy) is 1. The molecule has 10 heteroatoms. The van der Waals surface area contributed by atoms with Crippen molar-refractivity contribution in [1.82, 2.24) is 20.2 Å². The first kappa shape index (κ1) is 17.6. The number of nitrogens with zero attached hydrogens (tertiary/aromatic N) is 3. The highest BCUT2D eigenvalue weighted by atomic mass is 19.3. The van der Waals surface area contributed by atoms with Gasteiger partial charge in [-0.25, -0.2) is 9.18 Å². The molecule has 136 valence electrons. The molecular formula is C16H13F3N4O3. The smallest absolute Gasteiger partial charge is 0.387 e. The molecule has 3 amide bonds. The molecule has 0 bridgehead atoms. The second-order valence-electron chi connectivity index (χ2n) is 5.67. The summed E-state index contributed by atoms with van der Waals surface area (Å²) < 4.78 is 42.9. The quantitative estimate of drug-likeness (QED) is 0.820. The highest BCUT2D eigenvalue weighted by Gasteiger charge is 2.50. The minimum absolute atomic E-state index is 0.0720. The van der Waals surface area contributed by atoms with E-state index in [-0.39, 0.29) is 17.0 Å². The van der Waals surface area contributed by atoms with Crippen LogP contribution in [0.3, 0.4) is 0 Å². The second kappa shape index (κ2) is 6.62. The summed E-state index contributed by atoms with van der Waals surface area (Å²) in [7, 11) is 0. The van der Waals surface area contributed by atoms with E-state index in [0.29, 0.717) is 0 Å². The molecule has 26 heavy (non-hydrogen) atoms. The Morgan fingerprint density at radius 2 is 2.08 bits per heavy atom. The molecule has 1 aliphatic rings. The lowest BCUT2D eigenvalue weighted by Gasteiger charge is -2.21. The van der Waals surface area contributed by atoms with E-state index in [4.69, 9.17) is 0 Å². The molecule has 1 aromatic heterocycles. The number of benzene rings is 1. The van der Waals surface area contributed by atoms with Gasteiger partial charge in [-0.3, -0.25) is 19.7 Å². The van der Waals surface area contributed by atoms with Crippen LogP contribution in [0.2, 0.25) is 0 Å². The molecule has 1 aliphatic heterocycles. The van der Waals surface area contributed by atoms with Gasteiger partial charge in [0, 0.05) is 18.0 Å². The van der Waals surface area contributed by atoms with Gasteiger partial charge in [0.25, 0.3) is 5.91 Å². The van der Waals surface area contributed by atoms with E-state index in [1.165, 1.54) is 25.5 Å². The van der Waals surface area contributed by atoms with Crippen molar-refractivity contribution in [2.45, 2.75) is 25.6 Å². The van der Waals surface area contributed by atoms with Crippen LogP contribution in [0.1, 0.15) is 18.2 Å². The van der Waals surface area contributed by atoms with Gasteiger partial charge in [0.1, 0.15) is 11.6 Å². The van der Waals surface area contributed by atoms with E-state index in [1.54, 1.807) is 0 Å². The van der Waals surface area contributed by atoms with E-state index >= 15 is 0 Å². The Kier molecular flexibility index (Phi) is 4.49. The Balaban J connectivity index is 1.91. The SMILES string of the molecule is CC1(c2cnccn2)NC(=O)N(Cc2cc(F)ccc2OC(F)F)C1=O. The van der Waals surface area contributed by atoms with Crippen molar-refractivity contribution < 1.29 is 27.5 Å². The average molecular weight is 366 g/mol. The lowest BCUT2D eigenvalue weighted by atomic mass is 9.98. The van der Waals surface area contributed by atoms with Crippen molar-refractivity contribution in [3.63, 3.8) is 0 Å². The summed E-state index contributed by atoms with van der Waals surface area (Å²) in [6, 6.07) is 2.11. The molecule has 1 N–H and O–H groups in total. The van der Waals surface area contributed by atoms with Crippen LogP contribution in [-0.2, 0) is 16.9 Å². The normalized spacial score (nSPS) is 19.8. The fourth-order valence-corrected chi connectivity index (χ4v) is 2.62. The number of carbonyl (C=O) groups excluding carboxylic acids is 2. The molecule has 0 radical (unpaired) electrons. The van der Waals surface area contributed by atoms with Crippen molar-refractivity contribution in [1.29, 1.82) is 0 Å². The van der Waals surface area contributed by atoms with E-state index in [9.17, 15) is 22.8 Å². The zero-order valence-electron chi connectivity index (χ0n) is 13.4. The van der Waals surface area contributed by atoms with Gasteiger partial charge in [-0.2, -0.15) is 8.78 Å². The van der Waals surface area contributed by atoms with Gasteiger partial charge in [0.05, 0.1) is 18.4 Å². The molecule has 0 saturated carbocycles.